The highest BCUT2D eigenvalue weighted by Gasteiger charge is 2.38. The van der Waals surface area contributed by atoms with Crippen molar-refractivity contribution in [3.05, 3.63) is 81.6 Å². The van der Waals surface area contributed by atoms with Gasteiger partial charge in [-0.15, -0.1) is 0 Å². The normalized spacial score (nSPS) is 13.8. The molecule has 0 aliphatic carbocycles. The fourth-order valence-corrected chi connectivity index (χ4v) is 3.45. The highest BCUT2D eigenvalue weighted by molar-refractivity contribution is 6.22. The molecule has 1 aromatic heterocycles. The van der Waals surface area contributed by atoms with Crippen LogP contribution in [0.25, 0.3) is 11.3 Å². The Morgan fingerprint density at radius 1 is 1.03 bits per heavy atom. The van der Waals surface area contributed by atoms with Crippen LogP contribution < -0.4 is 10.9 Å². The number of hydrogen-bond donors (Lipinski definition) is 2. The molecule has 2 heterocycles. The lowest BCUT2D eigenvalue weighted by Crippen LogP contribution is -2.37. The molecule has 0 fully saturated rings. The van der Waals surface area contributed by atoms with Crippen molar-refractivity contribution >= 4 is 23.4 Å². The number of amides is 3. The molecule has 0 saturated carbocycles. The maximum absolute atomic E-state index is 12.8. The number of carbonyl (C=O) groups is 3. The molecule has 1 aliphatic heterocycles. The topological polar surface area (TPSA) is 112 Å². The summed E-state index contributed by atoms with van der Waals surface area (Å²) in [5.41, 5.74) is 2.33. The number of hydrogen-bond acceptors (Lipinski definition) is 5. The summed E-state index contributed by atoms with van der Waals surface area (Å²) in [6.45, 7) is 3.73. The molecule has 1 atom stereocenters. The summed E-state index contributed by atoms with van der Waals surface area (Å²) in [5.74, 6) is -1.12. The lowest BCUT2D eigenvalue weighted by molar-refractivity contribution is 0.0593. The van der Waals surface area contributed by atoms with Gasteiger partial charge in [0.05, 0.1) is 16.8 Å². The van der Waals surface area contributed by atoms with Crippen LogP contribution >= 0.6 is 0 Å². The summed E-state index contributed by atoms with van der Waals surface area (Å²) in [4.78, 5) is 50.5. The second-order valence-corrected chi connectivity index (χ2v) is 7.34. The smallest absolute Gasteiger partial charge is 0.264 e. The summed E-state index contributed by atoms with van der Waals surface area (Å²) in [7, 11) is 0. The molecule has 0 radical (unpaired) electrons. The SMILES string of the molecule is CCC(C)N1C(=O)c2ccc(C(=O)Nc3cccc(-c4ccc(=O)[nH]n4)c3)cc2C1=O. The Morgan fingerprint density at radius 3 is 2.52 bits per heavy atom. The number of aromatic amines is 1. The minimum Gasteiger partial charge on any atom is -0.322 e. The first kappa shape index (κ1) is 20.2. The summed E-state index contributed by atoms with van der Waals surface area (Å²) in [5, 5.41) is 9.15. The third-order valence-electron chi connectivity index (χ3n) is 5.31. The largest absolute Gasteiger partial charge is 0.322 e. The number of carbonyl (C=O) groups excluding carboxylic acids is 3. The van der Waals surface area contributed by atoms with Gasteiger partial charge in [0, 0.05) is 28.9 Å². The molecule has 8 nitrogen and oxygen atoms in total. The van der Waals surface area contributed by atoms with Crippen molar-refractivity contribution in [3.63, 3.8) is 0 Å². The average Bonchev–Trinajstić information content (AvgIpc) is 3.03. The molecule has 31 heavy (non-hydrogen) atoms. The van der Waals surface area contributed by atoms with Gasteiger partial charge in [-0.25, -0.2) is 5.10 Å². The molecule has 3 amide bonds. The minimum atomic E-state index is -0.406. The number of nitrogens with one attached hydrogen (secondary N) is 2. The van der Waals surface area contributed by atoms with Crippen molar-refractivity contribution in [1.29, 1.82) is 0 Å². The number of imide groups is 1. The molecule has 2 aromatic carbocycles. The molecule has 4 rings (SSSR count). The van der Waals surface area contributed by atoms with Gasteiger partial charge in [0.2, 0.25) is 0 Å². The lowest BCUT2D eigenvalue weighted by Gasteiger charge is -2.20. The zero-order valence-corrected chi connectivity index (χ0v) is 17.0. The van der Waals surface area contributed by atoms with Crippen LogP contribution in [0.2, 0.25) is 0 Å². The van der Waals surface area contributed by atoms with Crippen LogP contribution in [0.4, 0.5) is 5.69 Å². The second kappa shape index (κ2) is 7.98. The third kappa shape index (κ3) is 3.75. The van der Waals surface area contributed by atoms with Crippen LogP contribution in [0.1, 0.15) is 51.3 Å². The van der Waals surface area contributed by atoms with E-state index < -0.39 is 5.91 Å². The van der Waals surface area contributed by atoms with Gasteiger partial charge in [-0.05, 0) is 49.7 Å². The second-order valence-electron chi connectivity index (χ2n) is 7.34. The predicted octanol–water partition coefficient (Wildman–Crippen LogP) is 3.08. The number of anilines is 1. The number of fused-ring (bicyclic) bond motifs is 1. The lowest BCUT2D eigenvalue weighted by atomic mass is 10.0. The van der Waals surface area contributed by atoms with Crippen LogP contribution in [0.5, 0.6) is 0 Å². The maximum Gasteiger partial charge on any atom is 0.264 e. The minimum absolute atomic E-state index is 0.214. The highest BCUT2D eigenvalue weighted by Crippen LogP contribution is 2.27. The molecule has 0 spiro atoms. The van der Waals surface area contributed by atoms with E-state index in [9.17, 15) is 19.2 Å². The van der Waals surface area contributed by atoms with E-state index in [1.807, 2.05) is 13.8 Å². The van der Waals surface area contributed by atoms with Crippen LogP contribution in [0.15, 0.2) is 59.4 Å². The Kier molecular flexibility index (Phi) is 5.21. The zero-order valence-electron chi connectivity index (χ0n) is 17.0. The summed E-state index contributed by atoms with van der Waals surface area (Å²) < 4.78 is 0. The number of nitrogens with zero attached hydrogens (tertiary/aromatic N) is 2. The van der Waals surface area contributed by atoms with Gasteiger partial charge in [-0.2, -0.15) is 5.10 Å². The van der Waals surface area contributed by atoms with Gasteiger partial charge in [0.25, 0.3) is 23.3 Å². The van der Waals surface area contributed by atoms with Gasteiger partial charge >= 0.3 is 0 Å². The number of aromatic nitrogens is 2. The van der Waals surface area contributed by atoms with E-state index >= 15 is 0 Å². The molecule has 0 bridgehead atoms. The van der Waals surface area contributed by atoms with Gasteiger partial charge in [-0.3, -0.25) is 24.1 Å². The third-order valence-corrected chi connectivity index (χ3v) is 5.31. The van der Waals surface area contributed by atoms with Crippen molar-refractivity contribution in [1.82, 2.24) is 15.1 Å². The molecule has 8 heteroatoms. The number of rotatable bonds is 5. The van der Waals surface area contributed by atoms with Crippen molar-refractivity contribution < 1.29 is 14.4 Å². The van der Waals surface area contributed by atoms with E-state index in [4.69, 9.17) is 0 Å². The average molecular weight is 416 g/mol. The Morgan fingerprint density at radius 2 is 1.81 bits per heavy atom. The molecular formula is C23H20N4O4. The van der Waals surface area contributed by atoms with E-state index in [0.717, 1.165) is 0 Å². The van der Waals surface area contributed by atoms with Crippen LogP contribution in [-0.2, 0) is 0 Å². The number of H-pyrrole nitrogens is 1. The molecular weight excluding hydrogens is 396 g/mol. The molecule has 0 saturated heterocycles. The molecule has 3 aromatic rings. The summed E-state index contributed by atoms with van der Waals surface area (Å²) >= 11 is 0. The standard InChI is InChI=1S/C23H20N4O4/c1-3-13(2)27-22(30)17-8-7-15(12-18(17)23(27)31)21(29)24-16-6-4-5-14(11-16)19-9-10-20(28)26-25-19/h4-13H,3H2,1-2H3,(H,24,29)(H,26,28). The van der Waals surface area contributed by atoms with Crippen LogP contribution in [0.3, 0.4) is 0 Å². The molecule has 2 N–H and O–H groups in total. The van der Waals surface area contributed by atoms with Crippen molar-refractivity contribution in [2.24, 2.45) is 0 Å². The summed E-state index contributed by atoms with van der Waals surface area (Å²) in [6, 6.07) is 14.3. The van der Waals surface area contributed by atoms with Crippen molar-refractivity contribution in [2.75, 3.05) is 5.32 Å². The molecule has 1 unspecified atom stereocenters. The van der Waals surface area contributed by atoms with Crippen molar-refractivity contribution in [2.45, 2.75) is 26.3 Å². The van der Waals surface area contributed by atoms with Gasteiger partial charge in [0.1, 0.15) is 0 Å². The first-order chi connectivity index (χ1) is 14.9. The predicted molar refractivity (Wildman–Crippen MR) is 115 cm³/mol. The van der Waals surface area contributed by atoms with E-state index in [-0.39, 0.29) is 34.5 Å². The highest BCUT2D eigenvalue weighted by atomic mass is 16.2. The van der Waals surface area contributed by atoms with E-state index in [1.165, 1.54) is 29.2 Å². The van der Waals surface area contributed by atoms with E-state index in [2.05, 4.69) is 15.5 Å². The van der Waals surface area contributed by atoms with Gasteiger partial charge in [0.15, 0.2) is 0 Å². The fraction of sp³-hybridized carbons (Fsp3) is 0.174. The maximum atomic E-state index is 12.8. The Balaban J connectivity index is 1.57. The quantitative estimate of drug-likeness (QED) is 0.621. The first-order valence-corrected chi connectivity index (χ1v) is 9.88. The zero-order chi connectivity index (χ0) is 22.1. The fourth-order valence-electron chi connectivity index (χ4n) is 3.45. The molecule has 1 aliphatic rings. The monoisotopic (exact) mass is 416 g/mol. The Labute approximate surface area is 177 Å². The molecule has 156 valence electrons. The Hall–Kier alpha value is -4.07. The van der Waals surface area contributed by atoms with Crippen LogP contribution in [-0.4, -0.2) is 38.9 Å². The number of benzene rings is 2. The van der Waals surface area contributed by atoms with Gasteiger partial charge in [-0.1, -0.05) is 19.1 Å². The van der Waals surface area contributed by atoms with Gasteiger partial charge < -0.3 is 5.32 Å². The summed E-state index contributed by atoms with van der Waals surface area (Å²) in [6.07, 6.45) is 0.652. The van der Waals surface area contributed by atoms with E-state index in [1.54, 1.807) is 30.3 Å². The Bertz CT molecular complexity index is 1240. The van der Waals surface area contributed by atoms with E-state index in [0.29, 0.717) is 28.9 Å². The van der Waals surface area contributed by atoms with Crippen LogP contribution in [0, 0.1) is 0 Å². The first-order valence-electron chi connectivity index (χ1n) is 9.88. The van der Waals surface area contributed by atoms with Crippen molar-refractivity contribution in [3.8, 4) is 11.3 Å².